The third-order valence-corrected chi connectivity index (χ3v) is 2.12. The van der Waals surface area contributed by atoms with Crippen molar-refractivity contribution >= 4 is 18.6 Å². The van der Waals surface area contributed by atoms with Crippen LogP contribution in [0.5, 0.6) is 0 Å². The van der Waals surface area contributed by atoms with Crippen LogP contribution in [0.25, 0.3) is 12.7 Å². The molecule has 0 saturated carbocycles. The van der Waals surface area contributed by atoms with Crippen molar-refractivity contribution in [3.63, 3.8) is 0 Å². The Morgan fingerprint density at radius 1 is 1.67 bits per heavy atom. The van der Waals surface area contributed by atoms with Crippen LogP contribution in [0.4, 0.5) is 0 Å². The summed E-state index contributed by atoms with van der Waals surface area (Å²) < 4.78 is 6.42. The Morgan fingerprint density at radius 3 is 2.73 bits per heavy atom. The second kappa shape index (κ2) is 4.59. The smallest absolute Gasteiger partial charge is 0.337 e. The Kier molecular flexibility index (Phi) is 3.44. The number of imidazole rings is 1. The number of ether oxygens (including phenoxy) is 1. The Hall–Kier alpha value is -1.84. The number of rotatable bonds is 2. The Balaban J connectivity index is 3.23. The molecule has 1 aromatic heterocycles. The standard InChI is InChI=1S/C11H14N2O2/c1-5-9(11(14)15-4)6-10-8(2)13(3)7-12-10/h5-7H,2H2,1,3-4H3/b9-5-,10-6+. The first-order chi connectivity index (χ1) is 7.10. The van der Waals surface area contributed by atoms with E-state index >= 15 is 0 Å². The minimum Gasteiger partial charge on any atom is -0.465 e. The quantitative estimate of drug-likeness (QED) is 0.494. The van der Waals surface area contributed by atoms with Crippen LogP contribution in [0.3, 0.4) is 0 Å². The number of hydrogen-bond donors (Lipinski definition) is 0. The maximum Gasteiger partial charge on any atom is 0.337 e. The number of carbonyl (C=O) groups excluding carboxylic acids is 1. The summed E-state index contributed by atoms with van der Waals surface area (Å²) in [7, 11) is 3.20. The molecule has 0 bridgehead atoms. The fourth-order valence-electron chi connectivity index (χ4n) is 1.12. The minimum absolute atomic E-state index is 0.373. The number of aromatic nitrogens is 2. The average Bonchev–Trinajstić information content (AvgIpc) is 2.56. The van der Waals surface area contributed by atoms with E-state index in [1.54, 1.807) is 30.0 Å². The third kappa shape index (κ3) is 2.34. The van der Waals surface area contributed by atoms with Crippen molar-refractivity contribution < 1.29 is 9.53 Å². The van der Waals surface area contributed by atoms with Gasteiger partial charge in [-0.3, -0.25) is 0 Å². The highest BCUT2D eigenvalue weighted by molar-refractivity contribution is 5.97. The van der Waals surface area contributed by atoms with Crippen LogP contribution in [0.2, 0.25) is 0 Å². The van der Waals surface area contributed by atoms with Gasteiger partial charge in [0.2, 0.25) is 0 Å². The first kappa shape index (κ1) is 11.2. The molecule has 0 aliphatic rings. The van der Waals surface area contributed by atoms with Gasteiger partial charge in [-0.1, -0.05) is 12.7 Å². The molecule has 0 N–H and O–H groups in total. The molecule has 15 heavy (non-hydrogen) atoms. The van der Waals surface area contributed by atoms with E-state index in [2.05, 4.69) is 16.3 Å². The van der Waals surface area contributed by atoms with Gasteiger partial charge in [-0.05, 0) is 13.0 Å². The molecule has 1 rings (SSSR count). The summed E-state index contributed by atoms with van der Waals surface area (Å²) in [5.41, 5.74) is 0.473. The van der Waals surface area contributed by atoms with Crippen LogP contribution in [0.1, 0.15) is 6.92 Å². The number of aryl methyl sites for hydroxylation is 1. The van der Waals surface area contributed by atoms with Gasteiger partial charge in [0, 0.05) is 7.05 Å². The van der Waals surface area contributed by atoms with E-state index < -0.39 is 0 Å². The number of methoxy groups -OCH3 is 1. The summed E-state index contributed by atoms with van der Waals surface area (Å²) in [6.07, 6.45) is 4.99. The second-order valence-electron chi connectivity index (χ2n) is 3.07. The van der Waals surface area contributed by atoms with Crippen molar-refractivity contribution in [1.82, 2.24) is 9.55 Å². The summed E-state index contributed by atoms with van der Waals surface area (Å²) in [5, 5.41) is 1.44. The molecule has 0 amide bonds. The minimum atomic E-state index is -0.373. The largest absolute Gasteiger partial charge is 0.465 e. The number of nitrogens with zero attached hydrogens (tertiary/aromatic N) is 2. The molecule has 0 aliphatic heterocycles. The van der Waals surface area contributed by atoms with Gasteiger partial charge >= 0.3 is 5.97 Å². The molecule has 0 aliphatic carbocycles. The molecule has 1 heterocycles. The van der Waals surface area contributed by atoms with Crippen molar-refractivity contribution in [2.24, 2.45) is 7.05 Å². The SMILES string of the molecule is C=c1/c(=C\C(=C\C)C(=O)OC)ncn1C. The van der Waals surface area contributed by atoms with Crippen LogP contribution in [-0.2, 0) is 16.6 Å². The van der Waals surface area contributed by atoms with Gasteiger partial charge in [0.25, 0.3) is 0 Å². The third-order valence-electron chi connectivity index (χ3n) is 2.12. The highest BCUT2D eigenvalue weighted by Crippen LogP contribution is 1.97. The van der Waals surface area contributed by atoms with Crippen LogP contribution in [0, 0.1) is 0 Å². The highest BCUT2D eigenvalue weighted by Gasteiger charge is 2.04. The number of esters is 1. The predicted octanol–water partition coefficient (Wildman–Crippen LogP) is -0.270. The van der Waals surface area contributed by atoms with Gasteiger partial charge in [-0.2, -0.15) is 0 Å². The summed E-state index contributed by atoms with van der Waals surface area (Å²) in [6, 6.07) is 0. The Morgan fingerprint density at radius 2 is 2.33 bits per heavy atom. The first-order valence-electron chi connectivity index (χ1n) is 4.52. The van der Waals surface area contributed by atoms with E-state index in [9.17, 15) is 4.79 Å². The zero-order valence-corrected chi connectivity index (χ0v) is 9.15. The first-order valence-corrected chi connectivity index (χ1v) is 4.52. The zero-order valence-electron chi connectivity index (χ0n) is 9.15. The van der Waals surface area contributed by atoms with E-state index in [1.165, 1.54) is 7.11 Å². The summed E-state index contributed by atoms with van der Waals surface area (Å²) in [6.45, 7) is 5.61. The molecule has 0 radical (unpaired) electrons. The maximum atomic E-state index is 11.3. The molecular weight excluding hydrogens is 192 g/mol. The van der Waals surface area contributed by atoms with E-state index in [1.807, 2.05) is 7.05 Å². The van der Waals surface area contributed by atoms with Gasteiger partial charge in [0.05, 0.1) is 29.7 Å². The summed E-state index contributed by atoms with van der Waals surface area (Å²) in [5.74, 6) is -0.373. The van der Waals surface area contributed by atoms with Crippen molar-refractivity contribution in [1.29, 1.82) is 0 Å². The molecule has 0 saturated heterocycles. The normalized spacial score (nSPS) is 13.0. The number of hydrogen-bond acceptors (Lipinski definition) is 3. The fraction of sp³-hybridized carbons (Fsp3) is 0.273. The van der Waals surface area contributed by atoms with Gasteiger partial charge in [-0.25, -0.2) is 9.78 Å². The highest BCUT2D eigenvalue weighted by atomic mass is 16.5. The lowest BCUT2D eigenvalue weighted by molar-refractivity contribution is -0.135. The van der Waals surface area contributed by atoms with E-state index in [0.29, 0.717) is 10.9 Å². The summed E-state index contributed by atoms with van der Waals surface area (Å²) in [4.78, 5) is 15.4. The molecule has 4 nitrogen and oxygen atoms in total. The zero-order chi connectivity index (χ0) is 11.4. The van der Waals surface area contributed by atoms with E-state index in [-0.39, 0.29) is 5.97 Å². The molecule has 0 unspecified atom stereocenters. The number of carbonyl (C=O) groups is 1. The molecule has 0 atom stereocenters. The molecule has 0 fully saturated rings. The van der Waals surface area contributed by atoms with Crippen LogP contribution < -0.4 is 10.7 Å². The molecule has 1 aromatic rings. The molecule has 80 valence electrons. The van der Waals surface area contributed by atoms with E-state index in [4.69, 9.17) is 0 Å². The second-order valence-corrected chi connectivity index (χ2v) is 3.07. The Labute approximate surface area is 88.2 Å². The van der Waals surface area contributed by atoms with Crippen LogP contribution in [-0.4, -0.2) is 22.6 Å². The lowest BCUT2D eigenvalue weighted by Gasteiger charge is -1.96. The Bertz CT molecular complexity index is 497. The van der Waals surface area contributed by atoms with Gasteiger partial charge < -0.3 is 9.30 Å². The number of allylic oxidation sites excluding steroid dienone is 1. The van der Waals surface area contributed by atoms with Crippen molar-refractivity contribution in [2.45, 2.75) is 6.92 Å². The topological polar surface area (TPSA) is 44.1 Å². The van der Waals surface area contributed by atoms with Crippen LogP contribution in [0.15, 0.2) is 18.0 Å². The van der Waals surface area contributed by atoms with Crippen molar-refractivity contribution in [3.8, 4) is 0 Å². The average molecular weight is 206 g/mol. The lowest BCUT2D eigenvalue weighted by Crippen LogP contribution is -2.27. The van der Waals surface area contributed by atoms with Crippen molar-refractivity contribution in [2.75, 3.05) is 7.11 Å². The van der Waals surface area contributed by atoms with Gasteiger partial charge in [0.1, 0.15) is 0 Å². The van der Waals surface area contributed by atoms with Gasteiger partial charge in [-0.15, -0.1) is 0 Å². The summed E-state index contributed by atoms with van der Waals surface area (Å²) >= 11 is 0. The molecular formula is C11H14N2O2. The molecule has 0 aromatic carbocycles. The molecule has 0 spiro atoms. The monoisotopic (exact) mass is 206 g/mol. The molecule has 4 heteroatoms. The predicted molar refractivity (Wildman–Crippen MR) is 58.2 cm³/mol. The van der Waals surface area contributed by atoms with Crippen molar-refractivity contribution in [3.05, 3.63) is 28.7 Å². The maximum absolute atomic E-state index is 11.3. The van der Waals surface area contributed by atoms with Gasteiger partial charge in [0.15, 0.2) is 0 Å². The van der Waals surface area contributed by atoms with Crippen LogP contribution >= 0.6 is 0 Å². The lowest BCUT2D eigenvalue weighted by atomic mass is 10.2. The fourth-order valence-corrected chi connectivity index (χ4v) is 1.12. The van der Waals surface area contributed by atoms with E-state index in [0.717, 1.165) is 5.35 Å².